The minimum absolute atomic E-state index is 0.154. The molecule has 0 bridgehead atoms. The fraction of sp³-hybridized carbons (Fsp3) is 0.300. The molecule has 0 amide bonds. The van der Waals surface area contributed by atoms with Crippen molar-refractivity contribution in [2.24, 2.45) is 10.9 Å². The van der Waals surface area contributed by atoms with E-state index < -0.39 is 0 Å². The average molecular weight is 257 g/mol. The maximum Gasteiger partial charge on any atom is 0.170 e. The first-order valence-electron chi connectivity index (χ1n) is 4.33. The van der Waals surface area contributed by atoms with Gasteiger partial charge in [-0.1, -0.05) is 34.9 Å². The fourth-order valence-electron chi connectivity index (χ4n) is 1.30. The maximum absolute atomic E-state index is 8.61. The highest BCUT2D eigenvalue weighted by Crippen LogP contribution is 2.23. The third kappa shape index (κ3) is 2.26. The lowest BCUT2D eigenvalue weighted by molar-refractivity contribution is 0.318. The summed E-state index contributed by atoms with van der Waals surface area (Å²) in [7, 11) is 0. The molecule has 0 radical (unpaired) electrons. The first-order chi connectivity index (χ1) is 6.56. The Bertz CT molecular complexity index is 361. The van der Waals surface area contributed by atoms with Crippen LogP contribution in [0, 0.1) is 0 Å². The largest absolute Gasteiger partial charge is 0.409 e. The van der Waals surface area contributed by atoms with Gasteiger partial charge in [0, 0.05) is 10.0 Å². The highest BCUT2D eigenvalue weighted by Gasteiger charge is 2.10. The Hall–Kier alpha value is -1.03. The van der Waals surface area contributed by atoms with Crippen molar-refractivity contribution in [3.63, 3.8) is 0 Å². The van der Waals surface area contributed by atoms with Gasteiger partial charge in [0.15, 0.2) is 5.84 Å². The fourth-order valence-corrected chi connectivity index (χ4v) is 1.68. The Morgan fingerprint density at radius 1 is 1.50 bits per heavy atom. The quantitative estimate of drug-likeness (QED) is 0.370. The molecule has 0 aliphatic carbocycles. The number of halogens is 1. The van der Waals surface area contributed by atoms with Crippen LogP contribution in [0.4, 0.5) is 0 Å². The molecule has 3 N–H and O–H groups in total. The minimum Gasteiger partial charge on any atom is -0.409 e. The van der Waals surface area contributed by atoms with Crippen molar-refractivity contribution in [2.45, 2.75) is 19.8 Å². The summed E-state index contributed by atoms with van der Waals surface area (Å²) in [5, 5.41) is 11.6. The molecule has 1 aromatic rings. The van der Waals surface area contributed by atoms with E-state index in [1.807, 2.05) is 18.2 Å². The van der Waals surface area contributed by atoms with Crippen LogP contribution in [-0.4, -0.2) is 11.0 Å². The van der Waals surface area contributed by atoms with E-state index in [2.05, 4.69) is 34.9 Å². The number of rotatable bonds is 2. The summed E-state index contributed by atoms with van der Waals surface area (Å²) >= 11 is 3.39. The molecule has 0 fully saturated rings. The summed E-state index contributed by atoms with van der Waals surface area (Å²) < 4.78 is 0.996. The lowest BCUT2D eigenvalue weighted by atomic mass is 9.97. The van der Waals surface area contributed by atoms with E-state index >= 15 is 0 Å². The van der Waals surface area contributed by atoms with Crippen LogP contribution in [0.5, 0.6) is 0 Å². The molecule has 0 spiro atoms. The standard InChI is InChI=1S/C10H13BrN2O/c1-6(2)9-5-7(11)3-4-8(9)10(12)13-14/h3-6,14H,1-2H3,(H2,12,13). The zero-order valence-corrected chi connectivity index (χ0v) is 9.75. The molecule has 0 heterocycles. The van der Waals surface area contributed by atoms with Crippen LogP contribution in [0.3, 0.4) is 0 Å². The van der Waals surface area contributed by atoms with Gasteiger partial charge in [0.25, 0.3) is 0 Å². The zero-order valence-electron chi connectivity index (χ0n) is 8.16. The van der Waals surface area contributed by atoms with Crippen LogP contribution in [-0.2, 0) is 0 Å². The molecule has 0 unspecified atom stereocenters. The minimum atomic E-state index is 0.154. The number of oxime groups is 1. The van der Waals surface area contributed by atoms with Gasteiger partial charge in [-0.15, -0.1) is 0 Å². The topological polar surface area (TPSA) is 58.6 Å². The van der Waals surface area contributed by atoms with Crippen LogP contribution in [0.2, 0.25) is 0 Å². The van der Waals surface area contributed by atoms with E-state index in [9.17, 15) is 0 Å². The molecule has 4 heteroatoms. The van der Waals surface area contributed by atoms with Gasteiger partial charge >= 0.3 is 0 Å². The third-order valence-electron chi connectivity index (χ3n) is 2.02. The Labute approximate surface area is 91.7 Å². The molecule has 0 atom stereocenters. The van der Waals surface area contributed by atoms with Crippen LogP contribution >= 0.6 is 15.9 Å². The molecule has 0 aromatic heterocycles. The van der Waals surface area contributed by atoms with Crippen molar-refractivity contribution in [1.82, 2.24) is 0 Å². The Morgan fingerprint density at radius 3 is 2.64 bits per heavy atom. The molecule has 0 saturated carbocycles. The van der Waals surface area contributed by atoms with Crippen molar-refractivity contribution < 1.29 is 5.21 Å². The van der Waals surface area contributed by atoms with E-state index in [4.69, 9.17) is 10.9 Å². The summed E-state index contributed by atoms with van der Waals surface area (Å²) in [6.45, 7) is 4.13. The Kier molecular flexibility index (Phi) is 3.52. The van der Waals surface area contributed by atoms with Crippen LogP contribution in [0.1, 0.15) is 30.9 Å². The van der Waals surface area contributed by atoms with E-state index in [1.165, 1.54) is 0 Å². The average Bonchev–Trinajstić information content (AvgIpc) is 2.16. The number of hydrogen-bond acceptors (Lipinski definition) is 2. The molecule has 0 aliphatic rings. The predicted molar refractivity (Wildman–Crippen MR) is 60.7 cm³/mol. The van der Waals surface area contributed by atoms with Crippen LogP contribution in [0.25, 0.3) is 0 Å². The third-order valence-corrected chi connectivity index (χ3v) is 2.51. The van der Waals surface area contributed by atoms with Crippen LogP contribution in [0.15, 0.2) is 27.8 Å². The smallest absolute Gasteiger partial charge is 0.170 e. The normalized spacial score (nSPS) is 12.1. The summed E-state index contributed by atoms with van der Waals surface area (Å²) in [6.07, 6.45) is 0. The van der Waals surface area contributed by atoms with Gasteiger partial charge in [-0.25, -0.2) is 0 Å². The van der Waals surface area contributed by atoms with Gasteiger partial charge in [0.2, 0.25) is 0 Å². The number of nitrogens with two attached hydrogens (primary N) is 1. The van der Waals surface area contributed by atoms with Crippen molar-refractivity contribution in [1.29, 1.82) is 0 Å². The first kappa shape index (κ1) is 11.0. The second-order valence-electron chi connectivity index (χ2n) is 3.37. The van der Waals surface area contributed by atoms with Gasteiger partial charge in [-0.3, -0.25) is 0 Å². The van der Waals surface area contributed by atoms with E-state index in [1.54, 1.807) is 0 Å². The second-order valence-corrected chi connectivity index (χ2v) is 4.29. The lowest BCUT2D eigenvalue weighted by Gasteiger charge is -2.11. The van der Waals surface area contributed by atoms with Crippen molar-refractivity contribution in [3.05, 3.63) is 33.8 Å². The molecule has 0 saturated heterocycles. The number of nitrogens with zero attached hydrogens (tertiary/aromatic N) is 1. The molecule has 0 aliphatic heterocycles. The van der Waals surface area contributed by atoms with E-state index in [-0.39, 0.29) is 5.84 Å². The molecular formula is C10H13BrN2O. The molecular weight excluding hydrogens is 244 g/mol. The summed E-state index contributed by atoms with van der Waals surface area (Å²) in [4.78, 5) is 0. The second kappa shape index (κ2) is 4.46. The maximum atomic E-state index is 8.61. The SMILES string of the molecule is CC(C)c1cc(Br)ccc1/C(N)=N/O. The van der Waals surface area contributed by atoms with Gasteiger partial charge in [-0.2, -0.15) is 0 Å². The lowest BCUT2D eigenvalue weighted by Crippen LogP contribution is -2.16. The molecule has 76 valence electrons. The molecule has 3 nitrogen and oxygen atoms in total. The van der Waals surface area contributed by atoms with E-state index in [0.29, 0.717) is 5.92 Å². The van der Waals surface area contributed by atoms with Gasteiger partial charge in [0.1, 0.15) is 0 Å². The number of hydrogen-bond donors (Lipinski definition) is 2. The predicted octanol–water partition coefficient (Wildman–Crippen LogP) is 2.67. The van der Waals surface area contributed by atoms with Gasteiger partial charge in [-0.05, 0) is 29.7 Å². The highest BCUT2D eigenvalue weighted by molar-refractivity contribution is 9.10. The van der Waals surface area contributed by atoms with Crippen molar-refractivity contribution in [3.8, 4) is 0 Å². The highest BCUT2D eigenvalue weighted by atomic mass is 79.9. The van der Waals surface area contributed by atoms with E-state index in [0.717, 1.165) is 15.6 Å². The van der Waals surface area contributed by atoms with Crippen molar-refractivity contribution in [2.75, 3.05) is 0 Å². The van der Waals surface area contributed by atoms with Gasteiger partial charge in [0.05, 0.1) is 0 Å². The van der Waals surface area contributed by atoms with Gasteiger partial charge < -0.3 is 10.9 Å². The monoisotopic (exact) mass is 256 g/mol. The first-order valence-corrected chi connectivity index (χ1v) is 5.13. The zero-order chi connectivity index (χ0) is 10.7. The molecule has 14 heavy (non-hydrogen) atoms. The Morgan fingerprint density at radius 2 is 2.14 bits per heavy atom. The number of amidine groups is 1. The van der Waals surface area contributed by atoms with Crippen molar-refractivity contribution >= 4 is 21.8 Å². The van der Waals surface area contributed by atoms with Crippen LogP contribution < -0.4 is 5.73 Å². The number of benzene rings is 1. The summed E-state index contributed by atoms with van der Waals surface area (Å²) in [6, 6.07) is 5.70. The Balaban J connectivity index is 3.29. The summed E-state index contributed by atoms with van der Waals surface area (Å²) in [5.41, 5.74) is 7.42. The molecule has 1 rings (SSSR count). The molecule has 1 aromatic carbocycles. The summed E-state index contributed by atoms with van der Waals surface area (Å²) in [5.74, 6) is 0.490.